The summed E-state index contributed by atoms with van der Waals surface area (Å²) in [4.78, 5) is 0. The maximum absolute atomic E-state index is 13.7. The second kappa shape index (κ2) is 6.36. The highest BCUT2D eigenvalue weighted by atomic mass is 79.9. The van der Waals surface area contributed by atoms with Crippen molar-refractivity contribution in [3.63, 3.8) is 0 Å². The molecule has 0 unspecified atom stereocenters. The number of anilines is 1. The third-order valence-electron chi connectivity index (χ3n) is 2.78. The van der Waals surface area contributed by atoms with Crippen molar-refractivity contribution in [3.8, 4) is 0 Å². The van der Waals surface area contributed by atoms with E-state index in [-0.39, 0.29) is 12.2 Å². The summed E-state index contributed by atoms with van der Waals surface area (Å²) in [5.41, 5.74) is -0.140. The molecule has 0 fully saturated rings. The Kier molecular flexibility index (Phi) is 4.93. The van der Waals surface area contributed by atoms with E-state index in [4.69, 9.17) is 0 Å². The van der Waals surface area contributed by atoms with Gasteiger partial charge in [0, 0.05) is 26.7 Å². The van der Waals surface area contributed by atoms with Crippen molar-refractivity contribution < 1.29 is 17.6 Å². The molecule has 0 aromatic heterocycles. The maximum Gasteiger partial charge on any atom is 0.416 e. The fraction of sp³-hybridized carbons (Fsp3) is 0.143. The molecule has 0 aliphatic carbocycles. The van der Waals surface area contributed by atoms with Crippen LogP contribution in [0.4, 0.5) is 23.2 Å². The first-order valence-electron chi connectivity index (χ1n) is 5.82. The van der Waals surface area contributed by atoms with Crippen molar-refractivity contribution >= 4 is 37.5 Å². The molecule has 1 N–H and O–H groups in total. The second-order valence-electron chi connectivity index (χ2n) is 4.28. The van der Waals surface area contributed by atoms with Crippen molar-refractivity contribution in [2.45, 2.75) is 12.7 Å². The smallest absolute Gasteiger partial charge is 0.380 e. The molecule has 0 saturated heterocycles. The van der Waals surface area contributed by atoms with E-state index in [1.54, 1.807) is 12.1 Å². The molecule has 0 heterocycles. The van der Waals surface area contributed by atoms with Gasteiger partial charge in [-0.05, 0) is 46.3 Å². The monoisotopic (exact) mass is 425 g/mol. The Morgan fingerprint density at radius 2 is 1.71 bits per heavy atom. The van der Waals surface area contributed by atoms with Gasteiger partial charge in [-0.3, -0.25) is 0 Å². The standard InChI is InChI=1S/C14H9Br2F4N/c15-10-3-1-8(12(17)6-10)7-21-13-5-9(14(18,19)20)2-4-11(13)16/h1-6,21H,7H2. The minimum atomic E-state index is -4.42. The van der Waals surface area contributed by atoms with E-state index in [1.807, 2.05) is 0 Å². The van der Waals surface area contributed by atoms with Gasteiger partial charge < -0.3 is 5.32 Å². The Morgan fingerprint density at radius 1 is 1.00 bits per heavy atom. The number of rotatable bonds is 3. The van der Waals surface area contributed by atoms with Gasteiger partial charge in [-0.15, -0.1) is 0 Å². The van der Waals surface area contributed by atoms with Crippen LogP contribution in [0.25, 0.3) is 0 Å². The zero-order valence-electron chi connectivity index (χ0n) is 10.4. The van der Waals surface area contributed by atoms with Gasteiger partial charge in [0.05, 0.1) is 5.56 Å². The fourth-order valence-corrected chi connectivity index (χ4v) is 2.41. The highest BCUT2D eigenvalue weighted by Gasteiger charge is 2.30. The number of alkyl halides is 3. The minimum Gasteiger partial charge on any atom is -0.380 e. The number of hydrogen-bond acceptors (Lipinski definition) is 1. The summed E-state index contributed by atoms with van der Waals surface area (Å²) < 4.78 is 52.7. The highest BCUT2D eigenvalue weighted by molar-refractivity contribution is 9.10. The normalized spacial score (nSPS) is 11.5. The molecule has 2 rings (SSSR count). The van der Waals surface area contributed by atoms with Crippen LogP contribution in [0, 0.1) is 5.82 Å². The average molecular weight is 427 g/mol. The van der Waals surface area contributed by atoms with Crippen LogP contribution >= 0.6 is 31.9 Å². The molecular weight excluding hydrogens is 418 g/mol. The largest absolute Gasteiger partial charge is 0.416 e. The van der Waals surface area contributed by atoms with E-state index >= 15 is 0 Å². The van der Waals surface area contributed by atoms with Crippen LogP contribution < -0.4 is 5.32 Å². The lowest BCUT2D eigenvalue weighted by Crippen LogP contribution is -2.07. The van der Waals surface area contributed by atoms with Crippen LogP contribution in [0.2, 0.25) is 0 Å². The molecule has 1 nitrogen and oxygen atoms in total. The Hall–Kier alpha value is -1.08. The summed E-state index contributed by atoms with van der Waals surface area (Å²) in [6.45, 7) is 0.0824. The van der Waals surface area contributed by atoms with Gasteiger partial charge in [0.15, 0.2) is 0 Å². The third-order valence-corrected chi connectivity index (χ3v) is 3.96. The zero-order chi connectivity index (χ0) is 15.6. The molecule has 2 aromatic rings. The molecule has 0 spiro atoms. The van der Waals surface area contributed by atoms with Gasteiger partial charge in [-0.2, -0.15) is 13.2 Å². The van der Waals surface area contributed by atoms with Crippen LogP contribution in [0.1, 0.15) is 11.1 Å². The number of halogens is 6. The highest BCUT2D eigenvalue weighted by Crippen LogP contribution is 2.34. The van der Waals surface area contributed by atoms with E-state index in [1.165, 1.54) is 12.1 Å². The molecule has 0 aliphatic heterocycles. The average Bonchev–Trinajstić information content (AvgIpc) is 2.38. The van der Waals surface area contributed by atoms with Gasteiger partial charge in [-0.25, -0.2) is 4.39 Å². The van der Waals surface area contributed by atoms with Crippen LogP contribution in [-0.2, 0) is 12.7 Å². The lowest BCUT2D eigenvalue weighted by Gasteiger charge is -2.13. The first kappa shape index (κ1) is 16.3. The zero-order valence-corrected chi connectivity index (χ0v) is 13.6. The van der Waals surface area contributed by atoms with E-state index in [0.29, 0.717) is 14.5 Å². The molecular formula is C14H9Br2F4N. The predicted molar refractivity (Wildman–Crippen MR) is 80.6 cm³/mol. The number of hydrogen-bond donors (Lipinski definition) is 1. The van der Waals surface area contributed by atoms with Gasteiger partial charge in [0.1, 0.15) is 5.82 Å². The molecule has 0 aliphatic rings. The van der Waals surface area contributed by atoms with E-state index in [0.717, 1.165) is 12.1 Å². The summed E-state index contributed by atoms with van der Waals surface area (Å²) in [6, 6.07) is 7.81. The third kappa shape index (κ3) is 4.20. The SMILES string of the molecule is Fc1cc(Br)ccc1CNc1cc(C(F)(F)F)ccc1Br. The van der Waals surface area contributed by atoms with Gasteiger partial charge in [0.25, 0.3) is 0 Å². The Balaban J connectivity index is 2.19. The molecule has 0 saturated carbocycles. The summed E-state index contributed by atoms with van der Waals surface area (Å²) in [5, 5.41) is 2.80. The fourth-order valence-electron chi connectivity index (χ4n) is 1.69. The van der Waals surface area contributed by atoms with Gasteiger partial charge in [-0.1, -0.05) is 22.0 Å². The van der Waals surface area contributed by atoms with Gasteiger partial charge >= 0.3 is 6.18 Å². The van der Waals surface area contributed by atoms with Crippen molar-refractivity contribution in [2.24, 2.45) is 0 Å². The molecule has 2 aromatic carbocycles. The molecule has 21 heavy (non-hydrogen) atoms. The number of benzene rings is 2. The summed E-state index contributed by atoms with van der Waals surface area (Å²) in [6.07, 6.45) is -4.42. The lowest BCUT2D eigenvalue weighted by atomic mass is 10.1. The van der Waals surface area contributed by atoms with Crippen LogP contribution in [0.5, 0.6) is 0 Å². The molecule has 0 radical (unpaired) electrons. The summed E-state index contributed by atoms with van der Waals surface area (Å²) in [5.74, 6) is -0.431. The topological polar surface area (TPSA) is 12.0 Å². The second-order valence-corrected chi connectivity index (χ2v) is 6.05. The van der Waals surface area contributed by atoms with Crippen molar-refractivity contribution in [1.82, 2.24) is 0 Å². The maximum atomic E-state index is 13.7. The number of nitrogens with one attached hydrogen (secondary N) is 1. The predicted octanol–water partition coefficient (Wildman–Crippen LogP) is 5.98. The molecule has 0 atom stereocenters. The molecule has 7 heteroatoms. The lowest BCUT2D eigenvalue weighted by molar-refractivity contribution is -0.137. The van der Waals surface area contributed by atoms with Crippen molar-refractivity contribution in [2.75, 3.05) is 5.32 Å². The quantitative estimate of drug-likeness (QED) is 0.595. The van der Waals surface area contributed by atoms with Crippen LogP contribution in [-0.4, -0.2) is 0 Å². The van der Waals surface area contributed by atoms with E-state index in [2.05, 4.69) is 37.2 Å². The molecule has 0 bridgehead atoms. The van der Waals surface area contributed by atoms with E-state index in [9.17, 15) is 17.6 Å². The molecule has 112 valence electrons. The summed E-state index contributed by atoms with van der Waals surface area (Å²) in [7, 11) is 0. The van der Waals surface area contributed by atoms with Crippen molar-refractivity contribution in [1.29, 1.82) is 0 Å². The summed E-state index contributed by atoms with van der Waals surface area (Å²) >= 11 is 6.31. The van der Waals surface area contributed by atoms with Crippen LogP contribution in [0.15, 0.2) is 45.3 Å². The van der Waals surface area contributed by atoms with Crippen LogP contribution in [0.3, 0.4) is 0 Å². The Morgan fingerprint density at radius 3 is 2.33 bits per heavy atom. The Bertz CT molecular complexity index is 656. The van der Waals surface area contributed by atoms with Crippen molar-refractivity contribution in [3.05, 3.63) is 62.3 Å². The first-order chi connectivity index (χ1) is 9.77. The van der Waals surface area contributed by atoms with Gasteiger partial charge in [0.2, 0.25) is 0 Å². The molecule has 0 amide bonds. The first-order valence-corrected chi connectivity index (χ1v) is 7.40. The minimum absolute atomic E-state index is 0.0824. The Labute approximate surface area is 135 Å². The van der Waals surface area contributed by atoms with E-state index < -0.39 is 17.6 Å².